The Labute approximate surface area is 98.1 Å². The summed E-state index contributed by atoms with van der Waals surface area (Å²) in [5.74, 6) is 0. The second kappa shape index (κ2) is 4.13. The fourth-order valence-corrected chi connectivity index (χ4v) is 3.17. The third kappa shape index (κ3) is 2.04. The molecule has 0 aromatic heterocycles. The van der Waals surface area contributed by atoms with Crippen LogP contribution in [0.3, 0.4) is 0 Å². The van der Waals surface area contributed by atoms with E-state index >= 15 is 0 Å². The lowest BCUT2D eigenvalue weighted by Crippen LogP contribution is -2.56. The zero-order valence-electron chi connectivity index (χ0n) is 9.99. The molecule has 1 saturated carbocycles. The van der Waals surface area contributed by atoms with Crippen LogP contribution in [0, 0.1) is 0 Å². The smallest absolute Gasteiger partial charge is 0.0447 e. The molecule has 3 heteroatoms. The minimum atomic E-state index is 0.208. The molecule has 16 heavy (non-hydrogen) atoms. The van der Waals surface area contributed by atoms with Crippen LogP contribution in [0.1, 0.15) is 32.1 Å². The van der Waals surface area contributed by atoms with Gasteiger partial charge in [0, 0.05) is 37.3 Å². The summed E-state index contributed by atoms with van der Waals surface area (Å²) in [6, 6.07) is 1.53. The Morgan fingerprint density at radius 3 is 2.69 bits per heavy atom. The van der Waals surface area contributed by atoms with Gasteiger partial charge in [-0.25, -0.2) is 0 Å². The van der Waals surface area contributed by atoms with Gasteiger partial charge in [0.15, 0.2) is 0 Å². The summed E-state index contributed by atoms with van der Waals surface area (Å²) in [5, 5.41) is 3.82. The summed E-state index contributed by atoms with van der Waals surface area (Å²) in [4.78, 5) is 2.64. The molecule has 2 fully saturated rings. The van der Waals surface area contributed by atoms with Gasteiger partial charge >= 0.3 is 0 Å². The summed E-state index contributed by atoms with van der Waals surface area (Å²) in [5.41, 5.74) is 6.23. The first-order valence-corrected chi connectivity index (χ1v) is 6.68. The highest BCUT2D eigenvalue weighted by Gasteiger charge is 2.43. The maximum absolute atomic E-state index is 6.02. The summed E-state index contributed by atoms with van der Waals surface area (Å²) in [7, 11) is 0. The molecule has 90 valence electrons. The topological polar surface area (TPSA) is 41.3 Å². The van der Waals surface area contributed by atoms with E-state index in [1.165, 1.54) is 45.2 Å². The van der Waals surface area contributed by atoms with E-state index in [1.807, 2.05) is 0 Å². The zero-order valence-corrected chi connectivity index (χ0v) is 9.99. The van der Waals surface area contributed by atoms with E-state index in [9.17, 15) is 0 Å². The molecule has 3 aliphatic rings. The van der Waals surface area contributed by atoms with E-state index < -0.39 is 0 Å². The standard InChI is InChI=1S/C13H23N3/c14-9-13(15-11-3-1-2-4-11)7-8-16(10-13)12-5-6-12/h1-2,11-12,15H,3-10,14H2. The molecule has 1 atom stereocenters. The van der Waals surface area contributed by atoms with Crippen molar-refractivity contribution in [3.63, 3.8) is 0 Å². The molecule has 1 saturated heterocycles. The highest BCUT2D eigenvalue weighted by atomic mass is 15.3. The Hall–Kier alpha value is -0.380. The molecule has 3 N–H and O–H groups in total. The maximum atomic E-state index is 6.02. The van der Waals surface area contributed by atoms with Crippen LogP contribution in [0.5, 0.6) is 0 Å². The van der Waals surface area contributed by atoms with Gasteiger partial charge in [-0.1, -0.05) is 12.2 Å². The Kier molecular flexibility index (Phi) is 2.78. The molecule has 3 nitrogen and oxygen atoms in total. The van der Waals surface area contributed by atoms with E-state index in [0.29, 0.717) is 6.04 Å². The van der Waals surface area contributed by atoms with E-state index in [0.717, 1.165) is 12.6 Å². The second-order valence-corrected chi connectivity index (χ2v) is 5.72. The maximum Gasteiger partial charge on any atom is 0.0447 e. The van der Waals surface area contributed by atoms with E-state index in [-0.39, 0.29) is 5.54 Å². The normalized spacial score (nSPS) is 36.3. The van der Waals surface area contributed by atoms with Gasteiger partial charge in [0.2, 0.25) is 0 Å². The molecule has 0 aromatic rings. The Bertz CT molecular complexity index is 277. The average molecular weight is 221 g/mol. The van der Waals surface area contributed by atoms with Gasteiger partial charge in [0.25, 0.3) is 0 Å². The first-order chi connectivity index (χ1) is 7.81. The van der Waals surface area contributed by atoms with Crippen molar-refractivity contribution in [2.45, 2.75) is 49.7 Å². The Balaban J connectivity index is 1.60. The summed E-state index contributed by atoms with van der Waals surface area (Å²) < 4.78 is 0. The Morgan fingerprint density at radius 2 is 2.06 bits per heavy atom. The fourth-order valence-electron chi connectivity index (χ4n) is 3.17. The lowest BCUT2D eigenvalue weighted by Gasteiger charge is -2.33. The van der Waals surface area contributed by atoms with Crippen molar-refractivity contribution in [2.24, 2.45) is 5.73 Å². The number of nitrogens with one attached hydrogen (secondary N) is 1. The highest BCUT2D eigenvalue weighted by molar-refractivity contribution is 5.07. The van der Waals surface area contributed by atoms with Crippen LogP contribution in [0.4, 0.5) is 0 Å². The van der Waals surface area contributed by atoms with E-state index in [1.54, 1.807) is 0 Å². The van der Waals surface area contributed by atoms with Gasteiger partial charge in [-0.05, 0) is 32.1 Å². The molecule has 1 unspecified atom stereocenters. The molecule has 0 radical (unpaired) electrons. The number of hydrogen-bond donors (Lipinski definition) is 2. The van der Waals surface area contributed by atoms with Crippen molar-refractivity contribution >= 4 is 0 Å². The SMILES string of the molecule is NCC1(NC2CC=CC2)CCN(C2CC2)C1. The zero-order chi connectivity index (χ0) is 11.0. The van der Waals surface area contributed by atoms with Crippen molar-refractivity contribution in [3.8, 4) is 0 Å². The van der Waals surface area contributed by atoms with Gasteiger partial charge in [-0.3, -0.25) is 4.90 Å². The molecule has 1 aliphatic heterocycles. The van der Waals surface area contributed by atoms with Crippen molar-refractivity contribution in [2.75, 3.05) is 19.6 Å². The lowest BCUT2D eigenvalue weighted by molar-refractivity contribution is 0.259. The Morgan fingerprint density at radius 1 is 1.31 bits per heavy atom. The molecule has 0 spiro atoms. The van der Waals surface area contributed by atoms with Gasteiger partial charge in [-0.15, -0.1) is 0 Å². The van der Waals surface area contributed by atoms with Crippen LogP contribution < -0.4 is 11.1 Å². The monoisotopic (exact) mass is 221 g/mol. The van der Waals surface area contributed by atoms with Crippen molar-refractivity contribution < 1.29 is 0 Å². The van der Waals surface area contributed by atoms with Crippen molar-refractivity contribution in [3.05, 3.63) is 12.2 Å². The van der Waals surface area contributed by atoms with Crippen LogP contribution in [-0.2, 0) is 0 Å². The van der Waals surface area contributed by atoms with Crippen LogP contribution >= 0.6 is 0 Å². The van der Waals surface area contributed by atoms with Crippen LogP contribution in [0.25, 0.3) is 0 Å². The minimum absolute atomic E-state index is 0.208. The lowest BCUT2D eigenvalue weighted by atomic mass is 9.97. The van der Waals surface area contributed by atoms with Crippen LogP contribution in [-0.4, -0.2) is 42.2 Å². The third-order valence-corrected chi connectivity index (χ3v) is 4.36. The van der Waals surface area contributed by atoms with Gasteiger partial charge in [0.1, 0.15) is 0 Å². The number of nitrogens with two attached hydrogens (primary N) is 1. The number of likely N-dealkylation sites (tertiary alicyclic amines) is 1. The predicted molar refractivity (Wildman–Crippen MR) is 66.3 cm³/mol. The molecule has 0 bridgehead atoms. The van der Waals surface area contributed by atoms with Gasteiger partial charge in [-0.2, -0.15) is 0 Å². The molecular weight excluding hydrogens is 198 g/mol. The van der Waals surface area contributed by atoms with Crippen LogP contribution in [0.2, 0.25) is 0 Å². The molecule has 0 amide bonds. The largest absolute Gasteiger partial charge is 0.329 e. The first-order valence-electron chi connectivity index (χ1n) is 6.68. The molecule has 1 heterocycles. The molecule has 0 aromatic carbocycles. The van der Waals surface area contributed by atoms with Crippen molar-refractivity contribution in [1.29, 1.82) is 0 Å². The quantitative estimate of drug-likeness (QED) is 0.692. The molecule has 2 aliphatic carbocycles. The first kappa shape index (κ1) is 10.8. The molecule has 3 rings (SSSR count). The van der Waals surface area contributed by atoms with E-state index in [4.69, 9.17) is 5.73 Å². The van der Waals surface area contributed by atoms with Gasteiger partial charge < -0.3 is 11.1 Å². The predicted octanol–water partition coefficient (Wildman–Crippen LogP) is 0.860. The summed E-state index contributed by atoms with van der Waals surface area (Å²) in [6.45, 7) is 3.20. The summed E-state index contributed by atoms with van der Waals surface area (Å²) in [6.07, 6.45) is 11.0. The third-order valence-electron chi connectivity index (χ3n) is 4.36. The molecular formula is C13H23N3. The van der Waals surface area contributed by atoms with Crippen LogP contribution in [0.15, 0.2) is 12.2 Å². The number of nitrogens with zero attached hydrogens (tertiary/aromatic N) is 1. The summed E-state index contributed by atoms with van der Waals surface area (Å²) >= 11 is 0. The average Bonchev–Trinajstić information content (AvgIpc) is 2.88. The fraction of sp³-hybridized carbons (Fsp3) is 0.846. The van der Waals surface area contributed by atoms with Crippen molar-refractivity contribution in [1.82, 2.24) is 10.2 Å². The minimum Gasteiger partial charge on any atom is -0.329 e. The number of hydrogen-bond acceptors (Lipinski definition) is 3. The van der Waals surface area contributed by atoms with E-state index in [2.05, 4.69) is 22.4 Å². The van der Waals surface area contributed by atoms with Gasteiger partial charge in [0.05, 0.1) is 0 Å². The highest BCUT2D eigenvalue weighted by Crippen LogP contribution is 2.33. The second-order valence-electron chi connectivity index (χ2n) is 5.72. The number of rotatable bonds is 4.